The summed E-state index contributed by atoms with van der Waals surface area (Å²) in [5, 5.41) is 18.0. The Morgan fingerprint density at radius 3 is 2.53 bits per heavy atom. The molecule has 84 valence electrons. The molecule has 0 aliphatic rings. The smallest absolute Gasteiger partial charge is 0.154 e. The van der Waals surface area contributed by atoms with Gasteiger partial charge in [0.2, 0.25) is 0 Å². The molecule has 0 saturated heterocycles. The van der Waals surface area contributed by atoms with Crippen molar-refractivity contribution in [2.24, 2.45) is 0 Å². The number of unbranched alkanes of at least 4 members (excludes halogenated alkanes) is 1. The van der Waals surface area contributed by atoms with Crippen LogP contribution in [0.4, 0.5) is 0 Å². The average molecular weight is 210 g/mol. The Labute approximate surface area is 90.3 Å². The number of ether oxygens (including phenoxy) is 1. The Kier molecular flexibility index (Phi) is 6.00. The molecule has 3 nitrogen and oxygen atoms in total. The molecule has 0 fully saturated rings. The van der Waals surface area contributed by atoms with Crippen LogP contribution in [0.25, 0.3) is 0 Å². The van der Waals surface area contributed by atoms with Crippen LogP contribution in [0.15, 0.2) is 30.3 Å². The predicted octanol–water partition coefficient (Wildman–Crippen LogP) is 1.68. The topological polar surface area (TPSA) is 49.7 Å². The van der Waals surface area contributed by atoms with Crippen molar-refractivity contribution in [2.75, 3.05) is 6.61 Å². The number of hydrogen-bond acceptors (Lipinski definition) is 3. The first-order valence-corrected chi connectivity index (χ1v) is 5.27. The fourth-order valence-corrected chi connectivity index (χ4v) is 1.28. The zero-order valence-corrected chi connectivity index (χ0v) is 8.80. The van der Waals surface area contributed by atoms with Crippen LogP contribution >= 0.6 is 0 Å². The van der Waals surface area contributed by atoms with Gasteiger partial charge in [0.1, 0.15) is 0 Å². The summed E-state index contributed by atoms with van der Waals surface area (Å²) in [5.41, 5.74) is 1.05. The van der Waals surface area contributed by atoms with Crippen LogP contribution in [0.3, 0.4) is 0 Å². The third kappa shape index (κ3) is 5.52. The maximum absolute atomic E-state index is 9.43. The summed E-state index contributed by atoms with van der Waals surface area (Å²) in [7, 11) is 0. The highest BCUT2D eigenvalue weighted by atomic mass is 16.6. The summed E-state index contributed by atoms with van der Waals surface area (Å²) in [5.74, 6) is 0. The molecule has 0 amide bonds. The van der Waals surface area contributed by atoms with Gasteiger partial charge in [0.25, 0.3) is 0 Å². The molecule has 3 heteroatoms. The van der Waals surface area contributed by atoms with E-state index in [1.54, 1.807) is 0 Å². The maximum atomic E-state index is 9.43. The Balaban J connectivity index is 2.14. The van der Waals surface area contributed by atoms with Crippen LogP contribution in [0.2, 0.25) is 0 Å². The van der Waals surface area contributed by atoms with E-state index in [0.717, 1.165) is 12.0 Å². The van der Waals surface area contributed by atoms with E-state index in [1.165, 1.54) is 0 Å². The van der Waals surface area contributed by atoms with Gasteiger partial charge in [0, 0.05) is 6.61 Å². The second-order valence-corrected chi connectivity index (χ2v) is 3.47. The van der Waals surface area contributed by atoms with Crippen LogP contribution in [-0.4, -0.2) is 23.1 Å². The highest BCUT2D eigenvalue weighted by molar-refractivity contribution is 5.13. The molecular weight excluding hydrogens is 192 g/mol. The van der Waals surface area contributed by atoms with E-state index >= 15 is 0 Å². The Hall–Kier alpha value is -0.900. The zero-order valence-electron chi connectivity index (χ0n) is 8.80. The minimum atomic E-state index is -0.725. The van der Waals surface area contributed by atoms with Gasteiger partial charge in [-0.25, -0.2) is 0 Å². The third-order valence-corrected chi connectivity index (χ3v) is 2.14. The van der Waals surface area contributed by atoms with Gasteiger partial charge in [0.05, 0.1) is 6.61 Å². The number of aliphatic hydroxyl groups is 2. The Morgan fingerprint density at radius 2 is 1.87 bits per heavy atom. The molecule has 0 aliphatic carbocycles. The molecule has 1 atom stereocenters. The zero-order chi connectivity index (χ0) is 10.9. The van der Waals surface area contributed by atoms with Gasteiger partial charge in [-0.1, -0.05) is 30.3 Å². The van der Waals surface area contributed by atoms with Crippen molar-refractivity contribution in [1.82, 2.24) is 0 Å². The lowest BCUT2D eigenvalue weighted by Gasteiger charge is -2.11. The normalized spacial score (nSPS) is 12.7. The Bertz CT molecular complexity index is 248. The molecule has 15 heavy (non-hydrogen) atoms. The molecule has 0 bridgehead atoms. The van der Waals surface area contributed by atoms with Gasteiger partial charge in [-0.15, -0.1) is 0 Å². The van der Waals surface area contributed by atoms with Gasteiger partial charge >= 0.3 is 0 Å². The highest BCUT2D eigenvalue weighted by Crippen LogP contribution is 2.06. The first-order valence-electron chi connectivity index (χ1n) is 5.27. The summed E-state index contributed by atoms with van der Waals surface area (Å²) < 4.78 is 5.25. The second kappa shape index (κ2) is 7.40. The summed E-state index contributed by atoms with van der Waals surface area (Å²) in [6.07, 6.45) is 1.35. The fraction of sp³-hybridized carbons (Fsp3) is 0.500. The largest absolute Gasteiger partial charge is 0.396 e. The standard InChI is InChI=1S/C12H18O3/c13-9-5-4-8-12(14)15-10-11-6-2-1-3-7-11/h1-3,6-7,12-14H,4-5,8-10H2. The molecule has 0 heterocycles. The summed E-state index contributed by atoms with van der Waals surface area (Å²) in [6.45, 7) is 0.604. The van der Waals surface area contributed by atoms with Gasteiger partial charge in [-0.3, -0.25) is 0 Å². The molecule has 1 aromatic rings. The van der Waals surface area contributed by atoms with E-state index in [4.69, 9.17) is 9.84 Å². The number of benzene rings is 1. The fourth-order valence-electron chi connectivity index (χ4n) is 1.28. The maximum Gasteiger partial charge on any atom is 0.154 e. The van der Waals surface area contributed by atoms with Gasteiger partial charge in [-0.2, -0.15) is 0 Å². The molecule has 1 rings (SSSR count). The van der Waals surface area contributed by atoms with E-state index in [-0.39, 0.29) is 6.61 Å². The van der Waals surface area contributed by atoms with Gasteiger partial charge in [0.15, 0.2) is 6.29 Å². The first-order chi connectivity index (χ1) is 7.33. The van der Waals surface area contributed by atoms with E-state index in [1.807, 2.05) is 30.3 Å². The molecule has 0 aromatic heterocycles. The van der Waals surface area contributed by atoms with Crippen molar-refractivity contribution in [3.05, 3.63) is 35.9 Å². The summed E-state index contributed by atoms with van der Waals surface area (Å²) in [4.78, 5) is 0. The quantitative estimate of drug-likeness (QED) is 0.532. The Morgan fingerprint density at radius 1 is 1.13 bits per heavy atom. The summed E-state index contributed by atoms with van der Waals surface area (Å²) in [6, 6.07) is 9.75. The van der Waals surface area contributed by atoms with Crippen LogP contribution in [0.1, 0.15) is 24.8 Å². The minimum absolute atomic E-state index is 0.172. The molecule has 0 spiro atoms. The number of rotatable bonds is 7. The van der Waals surface area contributed by atoms with Crippen molar-refractivity contribution in [3.63, 3.8) is 0 Å². The van der Waals surface area contributed by atoms with Crippen LogP contribution < -0.4 is 0 Å². The first kappa shape index (κ1) is 12.2. The van der Waals surface area contributed by atoms with Gasteiger partial charge < -0.3 is 14.9 Å². The number of aliphatic hydroxyl groups excluding tert-OH is 2. The van der Waals surface area contributed by atoms with Crippen molar-refractivity contribution in [2.45, 2.75) is 32.2 Å². The lowest BCUT2D eigenvalue weighted by atomic mass is 10.2. The predicted molar refractivity (Wildman–Crippen MR) is 58.2 cm³/mol. The van der Waals surface area contributed by atoms with Crippen molar-refractivity contribution in [3.8, 4) is 0 Å². The minimum Gasteiger partial charge on any atom is -0.396 e. The van der Waals surface area contributed by atoms with E-state index in [9.17, 15) is 5.11 Å². The SMILES string of the molecule is OCCCCC(O)OCc1ccccc1. The molecule has 0 saturated carbocycles. The van der Waals surface area contributed by atoms with Crippen LogP contribution in [-0.2, 0) is 11.3 Å². The summed E-state index contributed by atoms with van der Waals surface area (Å²) >= 11 is 0. The van der Waals surface area contributed by atoms with Crippen LogP contribution in [0.5, 0.6) is 0 Å². The lowest BCUT2D eigenvalue weighted by Crippen LogP contribution is -2.11. The lowest BCUT2D eigenvalue weighted by molar-refractivity contribution is -0.113. The molecule has 2 N–H and O–H groups in total. The van der Waals surface area contributed by atoms with E-state index < -0.39 is 6.29 Å². The average Bonchev–Trinajstić information content (AvgIpc) is 2.28. The number of hydrogen-bond donors (Lipinski definition) is 2. The molecular formula is C12H18O3. The van der Waals surface area contributed by atoms with E-state index in [0.29, 0.717) is 19.4 Å². The highest BCUT2D eigenvalue weighted by Gasteiger charge is 2.03. The molecule has 0 radical (unpaired) electrons. The molecule has 1 unspecified atom stereocenters. The molecule has 0 aliphatic heterocycles. The third-order valence-electron chi connectivity index (χ3n) is 2.14. The van der Waals surface area contributed by atoms with E-state index in [2.05, 4.69) is 0 Å². The van der Waals surface area contributed by atoms with Gasteiger partial charge in [-0.05, 0) is 24.8 Å². The van der Waals surface area contributed by atoms with Crippen LogP contribution in [0, 0.1) is 0 Å². The monoisotopic (exact) mass is 210 g/mol. The van der Waals surface area contributed by atoms with Crippen molar-refractivity contribution in [1.29, 1.82) is 0 Å². The van der Waals surface area contributed by atoms with Crippen molar-refractivity contribution >= 4 is 0 Å². The molecule has 1 aromatic carbocycles. The van der Waals surface area contributed by atoms with Crippen molar-refractivity contribution < 1.29 is 14.9 Å². The second-order valence-electron chi connectivity index (χ2n) is 3.47.